The summed E-state index contributed by atoms with van der Waals surface area (Å²) in [5.74, 6) is -1.81. The van der Waals surface area contributed by atoms with E-state index in [9.17, 15) is 38.4 Å². The summed E-state index contributed by atoms with van der Waals surface area (Å²) in [6.07, 6.45) is 6.88. The Bertz CT molecular complexity index is 1260. The van der Waals surface area contributed by atoms with E-state index in [1.165, 1.54) is 50.4 Å². The quantitative estimate of drug-likeness (QED) is 0.114. The lowest BCUT2D eigenvalue weighted by Crippen LogP contribution is -2.34. The molecule has 0 N–H and O–H groups in total. The third-order valence-corrected chi connectivity index (χ3v) is 9.80. The second kappa shape index (κ2) is 20.5. The van der Waals surface area contributed by atoms with Crippen LogP contribution >= 0.6 is 23.5 Å². The van der Waals surface area contributed by atoms with Gasteiger partial charge in [0, 0.05) is 37.3 Å². The van der Waals surface area contributed by atoms with Crippen LogP contribution in [0.15, 0.2) is 12.2 Å². The third-order valence-electron chi connectivity index (χ3n) is 7.93. The number of likely N-dealkylation sites (tertiary alicyclic amines) is 3. The van der Waals surface area contributed by atoms with Crippen molar-refractivity contribution < 1.29 is 57.3 Å². The van der Waals surface area contributed by atoms with E-state index in [1.807, 2.05) is 12.5 Å². The first-order valence-corrected chi connectivity index (χ1v) is 18.5. The first-order valence-electron chi connectivity index (χ1n) is 15.9. The Labute approximate surface area is 293 Å². The first kappa shape index (κ1) is 40.3. The van der Waals surface area contributed by atoms with Crippen molar-refractivity contribution in [2.75, 3.05) is 91.5 Å². The number of carbonyl (C=O) groups is 8. The molecule has 4 aliphatic heterocycles. The van der Waals surface area contributed by atoms with E-state index in [4.69, 9.17) is 18.9 Å². The van der Waals surface area contributed by atoms with Crippen molar-refractivity contribution >= 4 is 70.8 Å². The van der Waals surface area contributed by atoms with Crippen molar-refractivity contribution in [2.24, 2.45) is 5.92 Å². The maximum Gasteiger partial charge on any atom is 0.253 e. The average molecular weight is 729 g/mol. The molecule has 0 aromatic carbocycles. The summed E-state index contributed by atoms with van der Waals surface area (Å²) >= 11 is 2.77. The predicted molar refractivity (Wildman–Crippen MR) is 177 cm³/mol. The summed E-state index contributed by atoms with van der Waals surface area (Å²) in [4.78, 5) is 97.9. The van der Waals surface area contributed by atoms with Crippen molar-refractivity contribution in [1.82, 2.24) is 19.6 Å². The van der Waals surface area contributed by atoms with Crippen LogP contribution in [0.4, 0.5) is 0 Å². The Morgan fingerprint density at radius 2 is 0.837 bits per heavy atom. The number of hydrogen-bond donors (Lipinski definition) is 0. The molecule has 272 valence electrons. The molecule has 0 bridgehead atoms. The van der Waals surface area contributed by atoms with Crippen LogP contribution in [-0.4, -0.2) is 169 Å². The van der Waals surface area contributed by atoms with Gasteiger partial charge >= 0.3 is 0 Å². The largest absolute Gasteiger partial charge is 0.377 e. The van der Waals surface area contributed by atoms with E-state index in [1.54, 1.807) is 6.92 Å². The van der Waals surface area contributed by atoms with Crippen molar-refractivity contribution in [3.05, 3.63) is 12.2 Å². The van der Waals surface area contributed by atoms with Crippen LogP contribution < -0.4 is 0 Å². The van der Waals surface area contributed by atoms with Gasteiger partial charge in [0.1, 0.15) is 0 Å². The highest BCUT2D eigenvalue weighted by atomic mass is 32.2. The van der Waals surface area contributed by atoms with Crippen molar-refractivity contribution in [3.63, 3.8) is 0 Å². The van der Waals surface area contributed by atoms with Gasteiger partial charge in [0.2, 0.25) is 35.4 Å². The molecular weight excluding hydrogens is 684 g/mol. The number of nitrogens with zero attached hydrogens (tertiary/aromatic N) is 4. The Balaban J connectivity index is 0.000000266. The van der Waals surface area contributed by atoms with Crippen molar-refractivity contribution in [1.29, 1.82) is 0 Å². The number of amides is 8. The highest BCUT2D eigenvalue weighted by Crippen LogP contribution is 2.23. The minimum absolute atomic E-state index is 0.145. The smallest absolute Gasteiger partial charge is 0.253 e. The Kier molecular flexibility index (Phi) is 16.8. The zero-order valence-electron chi connectivity index (χ0n) is 28.0. The van der Waals surface area contributed by atoms with Gasteiger partial charge in [-0.25, -0.2) is 0 Å². The monoisotopic (exact) mass is 728 g/mol. The van der Waals surface area contributed by atoms with Crippen LogP contribution in [-0.2, 0) is 57.3 Å². The van der Waals surface area contributed by atoms with E-state index in [0.29, 0.717) is 26.4 Å². The average Bonchev–Trinajstić information content (AvgIpc) is 3.73. The molecule has 49 heavy (non-hydrogen) atoms. The molecule has 0 saturated carbocycles. The molecule has 0 radical (unpaired) electrons. The highest BCUT2D eigenvalue weighted by molar-refractivity contribution is 8.00. The fraction of sp³-hybridized carbons (Fsp3) is 0.677. The second-order valence-corrected chi connectivity index (χ2v) is 13.3. The van der Waals surface area contributed by atoms with Gasteiger partial charge in [-0.15, -0.1) is 0 Å². The zero-order chi connectivity index (χ0) is 35.9. The van der Waals surface area contributed by atoms with Crippen LogP contribution in [0, 0.1) is 5.92 Å². The van der Waals surface area contributed by atoms with E-state index in [0.717, 1.165) is 4.90 Å². The summed E-state index contributed by atoms with van der Waals surface area (Å²) in [6.45, 7) is 4.99. The Hall–Kier alpha value is -3.16. The van der Waals surface area contributed by atoms with Gasteiger partial charge in [-0.2, -0.15) is 23.5 Å². The number of carbonyl (C=O) groups excluding carboxylic acids is 8. The third kappa shape index (κ3) is 11.7. The summed E-state index contributed by atoms with van der Waals surface area (Å²) in [7, 11) is 0. The number of imide groups is 4. The SMILES string of the molecule is CSC1CC(=O)N(CCOCCOCCN2C(=O)C=CC2=O)C1=O.CSC1CC(=O)N(CCOCCOCCN2C(=O)C[C@@H](C)C2=O)C1=O. The molecule has 0 aromatic rings. The zero-order valence-corrected chi connectivity index (χ0v) is 29.6. The predicted octanol–water partition coefficient (Wildman–Crippen LogP) is -0.660. The molecule has 8 amide bonds. The highest BCUT2D eigenvalue weighted by Gasteiger charge is 2.38. The van der Waals surface area contributed by atoms with Gasteiger partial charge in [0.15, 0.2) is 0 Å². The van der Waals surface area contributed by atoms with Gasteiger partial charge in [-0.05, 0) is 12.5 Å². The van der Waals surface area contributed by atoms with E-state index in [2.05, 4.69) is 0 Å². The van der Waals surface area contributed by atoms with Gasteiger partial charge in [-0.3, -0.25) is 58.0 Å². The number of hydrogen-bond acceptors (Lipinski definition) is 14. The van der Waals surface area contributed by atoms with Gasteiger partial charge in [0.25, 0.3) is 11.8 Å². The lowest BCUT2D eigenvalue weighted by Gasteiger charge is -2.15. The van der Waals surface area contributed by atoms with Crippen LogP contribution in [0.5, 0.6) is 0 Å². The fourth-order valence-corrected chi connectivity index (χ4v) is 6.42. The lowest BCUT2D eigenvalue weighted by molar-refractivity contribution is -0.141. The number of rotatable bonds is 20. The second-order valence-electron chi connectivity index (χ2n) is 11.2. The first-order chi connectivity index (χ1) is 23.5. The topological polar surface area (TPSA) is 186 Å². The minimum Gasteiger partial charge on any atom is -0.377 e. The van der Waals surface area contributed by atoms with Crippen LogP contribution in [0.25, 0.3) is 0 Å². The Morgan fingerprint density at radius 1 is 0.510 bits per heavy atom. The van der Waals surface area contributed by atoms with Crippen molar-refractivity contribution in [3.8, 4) is 0 Å². The minimum atomic E-state index is -0.330. The summed E-state index contributed by atoms with van der Waals surface area (Å²) in [6, 6.07) is 0. The Morgan fingerprint density at radius 3 is 1.14 bits per heavy atom. The molecule has 16 nitrogen and oxygen atoms in total. The molecule has 18 heteroatoms. The molecule has 3 saturated heterocycles. The molecule has 0 spiro atoms. The van der Waals surface area contributed by atoms with E-state index >= 15 is 0 Å². The van der Waals surface area contributed by atoms with Gasteiger partial charge in [0.05, 0.1) is 89.5 Å². The summed E-state index contributed by atoms with van der Waals surface area (Å²) in [5, 5.41) is -0.541. The molecule has 4 aliphatic rings. The molecule has 3 fully saturated rings. The molecule has 4 rings (SSSR count). The molecule has 2 unspecified atom stereocenters. The number of ether oxygens (including phenoxy) is 4. The van der Waals surface area contributed by atoms with E-state index in [-0.39, 0.29) is 136 Å². The summed E-state index contributed by atoms with van der Waals surface area (Å²) < 4.78 is 21.4. The van der Waals surface area contributed by atoms with Crippen LogP contribution in [0.1, 0.15) is 26.2 Å². The van der Waals surface area contributed by atoms with Crippen LogP contribution in [0.3, 0.4) is 0 Å². The molecular formula is C31H44N4O12S2. The summed E-state index contributed by atoms with van der Waals surface area (Å²) in [5.41, 5.74) is 0. The fourth-order valence-electron chi connectivity index (χ4n) is 5.15. The maximum atomic E-state index is 11.9. The molecule has 4 heterocycles. The molecule has 0 aliphatic carbocycles. The van der Waals surface area contributed by atoms with Gasteiger partial charge < -0.3 is 18.9 Å². The van der Waals surface area contributed by atoms with Crippen molar-refractivity contribution in [2.45, 2.75) is 36.7 Å². The maximum absolute atomic E-state index is 11.9. The lowest BCUT2D eigenvalue weighted by atomic mass is 10.1. The van der Waals surface area contributed by atoms with Crippen LogP contribution in [0.2, 0.25) is 0 Å². The van der Waals surface area contributed by atoms with E-state index < -0.39 is 0 Å². The van der Waals surface area contributed by atoms with Gasteiger partial charge in [-0.1, -0.05) is 6.92 Å². The standard InChI is InChI=1S/C16H24N2O6S.C15H20N2O6S/c1-11-9-13(19)17(15(11)21)3-5-23-7-8-24-6-4-18-14(20)10-12(25-2)16(18)22;1-24-11-10-14(20)17(15(11)21)5-7-23-9-8-22-6-4-16-12(18)2-3-13(16)19/h11-12H,3-10H2,1-2H3;2-3,11H,4-10H2,1H3/t11-,12?;/m1./s1. The molecule has 3 atom stereocenters. The molecule has 0 aromatic heterocycles. The number of thioether (sulfide) groups is 2. The normalized spacial score (nSPS) is 22.5.